The molecule has 0 saturated carbocycles. The molecule has 2 aromatic carbocycles. The van der Waals surface area contributed by atoms with Crippen LogP contribution in [-0.2, 0) is 0 Å². The number of hydrogen-bond donors (Lipinski definition) is 0. The Kier molecular flexibility index (Phi) is 5.48. The van der Waals surface area contributed by atoms with Crippen LogP contribution >= 0.6 is 0 Å². The van der Waals surface area contributed by atoms with Crippen LogP contribution in [0.1, 0.15) is 30.5 Å². The fourth-order valence-corrected chi connectivity index (χ4v) is 2.65. The monoisotopic (exact) mass is 289 g/mol. The van der Waals surface area contributed by atoms with Crippen LogP contribution in [0.2, 0.25) is 0 Å². The number of aliphatic imine (C=N–C) groups is 1. The van der Waals surface area contributed by atoms with Crippen LogP contribution in [-0.4, -0.2) is 13.3 Å². The molecule has 0 atom stereocenters. The predicted octanol–water partition coefficient (Wildman–Crippen LogP) is 5.57. The third kappa shape index (κ3) is 3.82. The van der Waals surface area contributed by atoms with Crippen LogP contribution in [0.3, 0.4) is 0 Å². The number of hydrogen-bond acceptors (Lipinski definition) is 1. The lowest BCUT2D eigenvalue weighted by Gasteiger charge is -2.09. The van der Waals surface area contributed by atoms with Crippen molar-refractivity contribution in [2.24, 2.45) is 4.99 Å². The lowest BCUT2D eigenvalue weighted by Crippen LogP contribution is -1.91. The second kappa shape index (κ2) is 7.56. The maximum atomic E-state index is 4.22. The van der Waals surface area contributed by atoms with Crippen molar-refractivity contribution >= 4 is 17.4 Å². The third-order valence-corrected chi connectivity index (χ3v) is 3.77. The number of rotatable bonds is 4. The molecule has 0 heterocycles. The Balaban J connectivity index is 2.48. The summed E-state index contributed by atoms with van der Waals surface area (Å²) >= 11 is 0. The summed E-state index contributed by atoms with van der Waals surface area (Å²) in [5, 5.41) is 0. The van der Waals surface area contributed by atoms with Crippen LogP contribution in [0.4, 0.5) is 0 Å². The van der Waals surface area contributed by atoms with Gasteiger partial charge >= 0.3 is 0 Å². The fraction of sp³-hybridized carbons (Fsp3) is 0.190. The summed E-state index contributed by atoms with van der Waals surface area (Å²) in [7, 11) is 1.81. The second-order valence-corrected chi connectivity index (χ2v) is 5.49. The van der Waals surface area contributed by atoms with Crippen molar-refractivity contribution in [3.05, 3.63) is 82.9 Å². The van der Waals surface area contributed by atoms with Crippen molar-refractivity contribution in [3.63, 3.8) is 0 Å². The van der Waals surface area contributed by atoms with E-state index in [-0.39, 0.29) is 0 Å². The number of allylic oxidation sites excluding steroid dienone is 4. The van der Waals surface area contributed by atoms with Gasteiger partial charge < -0.3 is 0 Å². The van der Waals surface area contributed by atoms with E-state index in [1.807, 2.05) is 19.3 Å². The fourth-order valence-electron chi connectivity index (χ4n) is 2.65. The van der Waals surface area contributed by atoms with Gasteiger partial charge in [0.25, 0.3) is 0 Å². The zero-order chi connectivity index (χ0) is 15.9. The normalized spacial score (nSPS) is 13.4. The molecule has 0 N–H and O–H groups in total. The molecule has 0 aliphatic heterocycles. The quantitative estimate of drug-likeness (QED) is 0.515. The first-order chi connectivity index (χ1) is 10.6. The average Bonchev–Trinajstić information content (AvgIpc) is 2.53. The van der Waals surface area contributed by atoms with E-state index in [0.717, 1.165) is 5.57 Å². The topological polar surface area (TPSA) is 12.4 Å². The van der Waals surface area contributed by atoms with Crippen LogP contribution in [0.5, 0.6) is 0 Å². The van der Waals surface area contributed by atoms with Gasteiger partial charge in [-0.25, -0.2) is 0 Å². The van der Waals surface area contributed by atoms with Crippen molar-refractivity contribution in [1.29, 1.82) is 0 Å². The molecular formula is C21H23N. The van der Waals surface area contributed by atoms with E-state index < -0.39 is 0 Å². The minimum Gasteiger partial charge on any atom is -0.296 e. The van der Waals surface area contributed by atoms with Gasteiger partial charge in [0.1, 0.15) is 0 Å². The maximum Gasteiger partial charge on any atom is 0.0290 e. The minimum atomic E-state index is 1.16. The summed E-state index contributed by atoms with van der Waals surface area (Å²) in [6, 6.07) is 18.9. The molecule has 0 fully saturated rings. The first kappa shape index (κ1) is 16.0. The molecule has 0 amide bonds. The van der Waals surface area contributed by atoms with Crippen LogP contribution in [0.15, 0.2) is 71.2 Å². The maximum absolute atomic E-state index is 4.22. The van der Waals surface area contributed by atoms with Gasteiger partial charge in [0.15, 0.2) is 0 Å². The molecule has 0 radical (unpaired) electrons. The highest BCUT2D eigenvalue weighted by Gasteiger charge is 2.04. The summed E-state index contributed by atoms with van der Waals surface area (Å²) in [4.78, 5) is 4.22. The zero-order valence-electron chi connectivity index (χ0n) is 13.8. The lowest BCUT2D eigenvalue weighted by molar-refractivity contribution is 1.40. The molecule has 0 unspecified atom stereocenters. The Labute approximate surface area is 133 Å². The van der Waals surface area contributed by atoms with Crippen LogP contribution < -0.4 is 0 Å². The van der Waals surface area contributed by atoms with Crippen LogP contribution in [0.25, 0.3) is 11.1 Å². The van der Waals surface area contributed by atoms with E-state index in [4.69, 9.17) is 0 Å². The SMILES string of the molecule is C/N=C/C(=C(C)\C=C(/C)c1ccccc1C)c1ccccc1. The van der Waals surface area contributed by atoms with E-state index in [9.17, 15) is 0 Å². The number of aryl methyl sites for hydroxylation is 1. The van der Waals surface area contributed by atoms with Gasteiger partial charge in [-0.2, -0.15) is 0 Å². The summed E-state index contributed by atoms with van der Waals surface area (Å²) in [6.45, 7) is 6.46. The molecule has 0 bridgehead atoms. The summed E-state index contributed by atoms with van der Waals surface area (Å²) in [5.74, 6) is 0. The van der Waals surface area contributed by atoms with Crippen molar-refractivity contribution in [2.45, 2.75) is 20.8 Å². The Morgan fingerprint density at radius 1 is 0.909 bits per heavy atom. The van der Waals surface area contributed by atoms with Gasteiger partial charge in [0.05, 0.1) is 0 Å². The van der Waals surface area contributed by atoms with Gasteiger partial charge in [0.2, 0.25) is 0 Å². The van der Waals surface area contributed by atoms with Crippen molar-refractivity contribution in [1.82, 2.24) is 0 Å². The van der Waals surface area contributed by atoms with Gasteiger partial charge in [-0.1, -0.05) is 60.7 Å². The van der Waals surface area contributed by atoms with Crippen molar-refractivity contribution < 1.29 is 0 Å². The molecule has 2 rings (SSSR count). The van der Waals surface area contributed by atoms with Crippen molar-refractivity contribution in [3.8, 4) is 0 Å². The van der Waals surface area contributed by atoms with Gasteiger partial charge in [-0.05, 0) is 48.6 Å². The van der Waals surface area contributed by atoms with E-state index in [2.05, 4.69) is 80.4 Å². The number of benzene rings is 2. The average molecular weight is 289 g/mol. The molecule has 22 heavy (non-hydrogen) atoms. The molecule has 0 spiro atoms. The van der Waals surface area contributed by atoms with E-state index >= 15 is 0 Å². The predicted molar refractivity (Wildman–Crippen MR) is 98.3 cm³/mol. The Hall–Kier alpha value is -2.41. The molecule has 0 aliphatic carbocycles. The summed E-state index contributed by atoms with van der Waals surface area (Å²) < 4.78 is 0. The molecule has 1 heteroatoms. The van der Waals surface area contributed by atoms with Crippen molar-refractivity contribution in [2.75, 3.05) is 7.05 Å². The highest BCUT2D eigenvalue weighted by atomic mass is 14.6. The second-order valence-electron chi connectivity index (χ2n) is 5.49. The molecule has 0 aliphatic rings. The van der Waals surface area contributed by atoms with E-state index in [1.165, 1.54) is 27.8 Å². The summed E-state index contributed by atoms with van der Waals surface area (Å²) in [5.41, 5.74) is 7.44. The Morgan fingerprint density at radius 2 is 1.55 bits per heavy atom. The molecule has 2 aromatic rings. The highest BCUT2D eigenvalue weighted by Crippen LogP contribution is 2.23. The standard InChI is InChI=1S/C21H23N/c1-16-10-8-9-13-20(16)17(2)14-18(3)21(15-22-4)19-11-6-5-7-12-19/h5-15H,1-4H3/b17-14+,21-18+,22-15+. The first-order valence-corrected chi connectivity index (χ1v) is 7.56. The lowest BCUT2D eigenvalue weighted by atomic mass is 9.96. The van der Waals surface area contributed by atoms with E-state index in [0.29, 0.717) is 0 Å². The third-order valence-electron chi connectivity index (χ3n) is 3.77. The molecular weight excluding hydrogens is 266 g/mol. The minimum absolute atomic E-state index is 1.16. The molecule has 1 nitrogen and oxygen atoms in total. The smallest absolute Gasteiger partial charge is 0.0290 e. The molecule has 112 valence electrons. The largest absolute Gasteiger partial charge is 0.296 e. The van der Waals surface area contributed by atoms with Gasteiger partial charge in [0, 0.05) is 18.8 Å². The highest BCUT2D eigenvalue weighted by molar-refractivity contribution is 6.11. The molecule has 0 aromatic heterocycles. The van der Waals surface area contributed by atoms with Gasteiger partial charge in [-0.15, -0.1) is 0 Å². The van der Waals surface area contributed by atoms with Gasteiger partial charge in [-0.3, -0.25) is 4.99 Å². The zero-order valence-corrected chi connectivity index (χ0v) is 13.8. The van der Waals surface area contributed by atoms with E-state index in [1.54, 1.807) is 0 Å². The Morgan fingerprint density at radius 3 is 2.18 bits per heavy atom. The summed E-state index contributed by atoms with van der Waals surface area (Å²) in [6.07, 6.45) is 4.18. The van der Waals surface area contributed by atoms with Crippen LogP contribution in [0, 0.1) is 6.92 Å². The molecule has 0 saturated heterocycles. The number of nitrogens with zero attached hydrogens (tertiary/aromatic N) is 1. The Bertz CT molecular complexity index is 719. The first-order valence-electron chi connectivity index (χ1n) is 7.56.